The molecular weight excluding hydrogens is 276 g/mol. The van der Waals surface area contributed by atoms with Crippen LogP contribution < -0.4 is 11.1 Å². The molecule has 0 bridgehead atoms. The van der Waals surface area contributed by atoms with E-state index in [9.17, 15) is 4.79 Å². The predicted octanol–water partition coefficient (Wildman–Crippen LogP) is 1.84. The minimum Gasteiger partial charge on any atom is -0.351 e. The maximum atomic E-state index is 11.9. The maximum absolute atomic E-state index is 11.9. The lowest BCUT2D eigenvalue weighted by Gasteiger charge is -2.02. The Labute approximate surface area is 128 Å². The Morgan fingerprint density at radius 3 is 2.77 bits per heavy atom. The first-order valence-corrected chi connectivity index (χ1v) is 7.27. The highest BCUT2D eigenvalue weighted by molar-refractivity contribution is 5.97. The number of aromatic nitrogens is 2. The number of amides is 1. The van der Waals surface area contributed by atoms with Gasteiger partial charge in [0.25, 0.3) is 5.91 Å². The van der Waals surface area contributed by atoms with E-state index in [4.69, 9.17) is 5.73 Å². The second-order valence-electron chi connectivity index (χ2n) is 5.12. The summed E-state index contributed by atoms with van der Waals surface area (Å²) >= 11 is 0. The molecule has 0 aliphatic carbocycles. The Bertz CT molecular complexity index is 780. The third-order valence-electron chi connectivity index (χ3n) is 3.44. The van der Waals surface area contributed by atoms with E-state index in [1.54, 1.807) is 6.07 Å². The number of fused-ring (bicyclic) bond motifs is 1. The average Bonchev–Trinajstić information content (AvgIpc) is 2.94. The summed E-state index contributed by atoms with van der Waals surface area (Å²) in [5.74, 6) is 0.771. The van der Waals surface area contributed by atoms with Gasteiger partial charge in [0.1, 0.15) is 5.82 Å². The number of rotatable bonds is 5. The van der Waals surface area contributed by atoms with Gasteiger partial charge in [0.15, 0.2) is 0 Å². The highest BCUT2D eigenvalue weighted by atomic mass is 16.1. The van der Waals surface area contributed by atoms with Crippen LogP contribution in [0.4, 0.5) is 0 Å². The van der Waals surface area contributed by atoms with E-state index in [1.807, 2.05) is 30.3 Å². The molecule has 0 aliphatic rings. The van der Waals surface area contributed by atoms with E-state index in [1.165, 1.54) is 5.56 Å². The van der Waals surface area contributed by atoms with Gasteiger partial charge in [-0.25, -0.2) is 4.98 Å². The van der Waals surface area contributed by atoms with Crippen LogP contribution in [-0.4, -0.2) is 29.0 Å². The number of nitrogens with two attached hydrogens (primary N) is 1. The summed E-state index contributed by atoms with van der Waals surface area (Å²) in [4.78, 5) is 19.8. The molecule has 0 radical (unpaired) electrons. The first-order chi connectivity index (χ1) is 10.8. The van der Waals surface area contributed by atoms with Gasteiger partial charge in [0.05, 0.1) is 11.0 Å². The number of benzene rings is 2. The number of hydrogen-bond acceptors (Lipinski definition) is 3. The van der Waals surface area contributed by atoms with Crippen molar-refractivity contribution in [2.45, 2.75) is 6.42 Å². The van der Waals surface area contributed by atoms with Gasteiger partial charge >= 0.3 is 0 Å². The van der Waals surface area contributed by atoms with Gasteiger partial charge in [-0.3, -0.25) is 4.79 Å². The van der Waals surface area contributed by atoms with Crippen LogP contribution in [0.25, 0.3) is 11.0 Å². The maximum Gasteiger partial charge on any atom is 0.251 e. The summed E-state index contributed by atoms with van der Waals surface area (Å²) in [5, 5.41) is 2.76. The highest BCUT2D eigenvalue weighted by Crippen LogP contribution is 2.16. The first kappa shape index (κ1) is 14.3. The highest BCUT2D eigenvalue weighted by Gasteiger charge is 2.08. The summed E-state index contributed by atoms with van der Waals surface area (Å²) in [6.45, 7) is 0.901. The smallest absolute Gasteiger partial charge is 0.251 e. The van der Waals surface area contributed by atoms with E-state index < -0.39 is 0 Å². The number of H-pyrrole nitrogens is 1. The Morgan fingerprint density at radius 2 is 2.00 bits per heavy atom. The minimum atomic E-state index is -0.119. The molecule has 1 aromatic heterocycles. The molecule has 0 aliphatic heterocycles. The number of carbonyl (C=O) groups is 1. The number of hydrogen-bond donors (Lipinski definition) is 3. The van der Waals surface area contributed by atoms with E-state index in [0.29, 0.717) is 18.7 Å². The standard InChI is InChI=1S/C17H18N4O/c18-8-9-19-17(22)13-6-7-14-15(11-13)21-16(20-14)10-12-4-2-1-3-5-12/h1-7,11H,8-10,18H2,(H,19,22)(H,20,21). The van der Waals surface area contributed by atoms with Crippen molar-refractivity contribution in [3.05, 3.63) is 65.5 Å². The fourth-order valence-electron chi connectivity index (χ4n) is 2.36. The molecule has 2 aromatic carbocycles. The van der Waals surface area contributed by atoms with Crippen molar-refractivity contribution < 1.29 is 4.79 Å². The van der Waals surface area contributed by atoms with Crippen LogP contribution in [0, 0.1) is 0 Å². The summed E-state index contributed by atoms with van der Waals surface area (Å²) in [7, 11) is 0. The molecule has 3 aromatic rings. The number of nitrogens with one attached hydrogen (secondary N) is 2. The Hall–Kier alpha value is -2.66. The van der Waals surface area contributed by atoms with Gasteiger partial charge in [-0.2, -0.15) is 0 Å². The molecule has 4 N–H and O–H groups in total. The summed E-state index contributed by atoms with van der Waals surface area (Å²) in [6, 6.07) is 15.6. The van der Waals surface area contributed by atoms with Gasteiger partial charge in [-0.1, -0.05) is 30.3 Å². The largest absolute Gasteiger partial charge is 0.351 e. The molecule has 0 unspecified atom stereocenters. The lowest BCUT2D eigenvalue weighted by molar-refractivity contribution is 0.0955. The molecule has 0 saturated carbocycles. The molecule has 5 heteroatoms. The Morgan fingerprint density at radius 1 is 1.18 bits per heavy atom. The Balaban J connectivity index is 1.82. The third kappa shape index (κ3) is 3.15. The van der Waals surface area contributed by atoms with Crippen LogP contribution >= 0.6 is 0 Å². The van der Waals surface area contributed by atoms with Crippen LogP contribution in [-0.2, 0) is 6.42 Å². The number of aromatic amines is 1. The molecular formula is C17H18N4O. The minimum absolute atomic E-state index is 0.119. The van der Waals surface area contributed by atoms with Crippen LogP contribution in [0.15, 0.2) is 48.5 Å². The third-order valence-corrected chi connectivity index (χ3v) is 3.44. The molecule has 0 saturated heterocycles. The van der Waals surface area contributed by atoms with E-state index in [-0.39, 0.29) is 5.91 Å². The van der Waals surface area contributed by atoms with Crippen molar-refractivity contribution in [2.24, 2.45) is 5.73 Å². The molecule has 112 valence electrons. The van der Waals surface area contributed by atoms with Crippen LogP contribution in [0.5, 0.6) is 0 Å². The number of carbonyl (C=O) groups excluding carboxylic acids is 1. The Kier molecular flexibility index (Phi) is 4.16. The summed E-state index contributed by atoms with van der Waals surface area (Å²) < 4.78 is 0. The van der Waals surface area contributed by atoms with E-state index in [2.05, 4.69) is 27.4 Å². The average molecular weight is 294 g/mol. The number of imidazole rings is 1. The van der Waals surface area contributed by atoms with Crippen molar-refractivity contribution in [1.29, 1.82) is 0 Å². The quantitative estimate of drug-likeness (QED) is 0.671. The van der Waals surface area contributed by atoms with E-state index >= 15 is 0 Å². The molecule has 0 spiro atoms. The summed E-state index contributed by atoms with van der Waals surface area (Å²) in [6.07, 6.45) is 0.740. The first-order valence-electron chi connectivity index (χ1n) is 7.27. The normalized spacial score (nSPS) is 10.8. The molecule has 5 nitrogen and oxygen atoms in total. The van der Waals surface area contributed by atoms with Crippen LogP contribution in [0.2, 0.25) is 0 Å². The fraction of sp³-hybridized carbons (Fsp3) is 0.176. The fourth-order valence-corrected chi connectivity index (χ4v) is 2.36. The molecule has 0 fully saturated rings. The van der Waals surface area contributed by atoms with Gasteiger partial charge in [0.2, 0.25) is 0 Å². The van der Waals surface area contributed by atoms with Crippen LogP contribution in [0.3, 0.4) is 0 Å². The van der Waals surface area contributed by atoms with Crippen molar-refractivity contribution in [2.75, 3.05) is 13.1 Å². The lowest BCUT2D eigenvalue weighted by Crippen LogP contribution is -2.28. The van der Waals surface area contributed by atoms with Crippen LogP contribution in [0.1, 0.15) is 21.7 Å². The van der Waals surface area contributed by atoms with Gasteiger partial charge in [-0.15, -0.1) is 0 Å². The zero-order chi connectivity index (χ0) is 15.4. The van der Waals surface area contributed by atoms with Gasteiger partial charge < -0.3 is 16.0 Å². The van der Waals surface area contributed by atoms with Gasteiger partial charge in [-0.05, 0) is 23.8 Å². The zero-order valence-corrected chi connectivity index (χ0v) is 12.2. The van der Waals surface area contributed by atoms with E-state index in [0.717, 1.165) is 23.3 Å². The van der Waals surface area contributed by atoms with Crippen molar-refractivity contribution in [1.82, 2.24) is 15.3 Å². The zero-order valence-electron chi connectivity index (χ0n) is 12.2. The molecule has 1 amide bonds. The molecule has 1 heterocycles. The molecule has 22 heavy (non-hydrogen) atoms. The molecule has 3 rings (SSSR count). The molecule has 0 atom stereocenters. The second kappa shape index (κ2) is 6.41. The van der Waals surface area contributed by atoms with Gasteiger partial charge in [0, 0.05) is 25.1 Å². The topological polar surface area (TPSA) is 83.8 Å². The van der Waals surface area contributed by atoms with Crippen molar-refractivity contribution in [3.63, 3.8) is 0 Å². The predicted molar refractivity (Wildman–Crippen MR) is 86.7 cm³/mol. The monoisotopic (exact) mass is 294 g/mol. The summed E-state index contributed by atoms with van der Waals surface area (Å²) in [5.41, 5.74) is 8.92. The second-order valence-corrected chi connectivity index (χ2v) is 5.12. The lowest BCUT2D eigenvalue weighted by atomic mass is 10.1. The SMILES string of the molecule is NCCNC(=O)c1ccc2nc(Cc3ccccc3)[nH]c2c1. The van der Waals surface area contributed by atoms with Crippen molar-refractivity contribution in [3.8, 4) is 0 Å². The van der Waals surface area contributed by atoms with Crippen molar-refractivity contribution >= 4 is 16.9 Å². The number of nitrogens with zero attached hydrogens (tertiary/aromatic N) is 1.